The summed E-state index contributed by atoms with van der Waals surface area (Å²) in [5.41, 5.74) is 1.51. The zero-order valence-corrected chi connectivity index (χ0v) is 13.4. The Balaban J connectivity index is 1.71. The fourth-order valence-electron chi connectivity index (χ4n) is 2.03. The van der Waals surface area contributed by atoms with Crippen LogP contribution in [-0.4, -0.2) is 24.3 Å². The maximum absolute atomic E-state index is 11.9. The van der Waals surface area contributed by atoms with Crippen molar-refractivity contribution in [3.8, 4) is 6.07 Å². The van der Waals surface area contributed by atoms with Gasteiger partial charge in [-0.15, -0.1) is 0 Å². The van der Waals surface area contributed by atoms with Crippen molar-refractivity contribution in [2.24, 2.45) is 0 Å². The number of carbonyl (C=O) groups excluding carboxylic acids is 3. The smallest absolute Gasteiger partial charge is 0.306 e. The number of rotatable bonds is 7. The molecule has 2 aromatic rings. The van der Waals surface area contributed by atoms with Crippen molar-refractivity contribution >= 4 is 23.3 Å². The second kappa shape index (κ2) is 8.99. The minimum absolute atomic E-state index is 0.0279. The summed E-state index contributed by atoms with van der Waals surface area (Å²) >= 11 is 0. The molecule has 0 fully saturated rings. The molecule has 0 saturated carbocycles. The van der Waals surface area contributed by atoms with E-state index in [1.165, 1.54) is 0 Å². The Bertz CT molecular complexity index is 792. The van der Waals surface area contributed by atoms with Gasteiger partial charge in [-0.3, -0.25) is 14.4 Å². The number of esters is 1. The Morgan fingerprint density at radius 3 is 2.28 bits per heavy atom. The number of hydrogen-bond donors (Lipinski definition) is 1. The van der Waals surface area contributed by atoms with E-state index in [1.54, 1.807) is 54.6 Å². The van der Waals surface area contributed by atoms with Crippen LogP contribution in [0.25, 0.3) is 0 Å². The first-order chi connectivity index (χ1) is 12.1. The van der Waals surface area contributed by atoms with Gasteiger partial charge in [0.05, 0.1) is 18.1 Å². The van der Waals surface area contributed by atoms with Gasteiger partial charge in [0.1, 0.15) is 0 Å². The van der Waals surface area contributed by atoms with E-state index in [9.17, 15) is 14.4 Å². The van der Waals surface area contributed by atoms with Crippen LogP contribution in [-0.2, 0) is 14.3 Å². The van der Waals surface area contributed by atoms with Gasteiger partial charge in [-0.2, -0.15) is 5.26 Å². The number of hydrogen-bond acceptors (Lipinski definition) is 5. The Kier molecular flexibility index (Phi) is 6.43. The monoisotopic (exact) mass is 336 g/mol. The van der Waals surface area contributed by atoms with E-state index in [0.717, 1.165) is 0 Å². The molecule has 6 heteroatoms. The van der Waals surface area contributed by atoms with Gasteiger partial charge in [0.2, 0.25) is 0 Å². The van der Waals surface area contributed by atoms with E-state index in [-0.39, 0.29) is 18.6 Å². The van der Waals surface area contributed by atoms with Crippen molar-refractivity contribution in [1.29, 1.82) is 5.26 Å². The molecule has 0 aliphatic carbocycles. The van der Waals surface area contributed by atoms with Crippen LogP contribution in [0, 0.1) is 11.3 Å². The highest BCUT2D eigenvalue weighted by Gasteiger charge is 2.11. The highest BCUT2D eigenvalue weighted by molar-refractivity contribution is 5.97. The van der Waals surface area contributed by atoms with Crippen molar-refractivity contribution in [1.82, 2.24) is 0 Å². The molecule has 1 N–H and O–H groups in total. The minimum Gasteiger partial charge on any atom is -0.456 e. The van der Waals surface area contributed by atoms with Gasteiger partial charge < -0.3 is 10.1 Å². The number of amides is 1. The third-order valence-electron chi connectivity index (χ3n) is 3.31. The fourth-order valence-corrected chi connectivity index (χ4v) is 2.03. The number of nitriles is 1. The van der Waals surface area contributed by atoms with E-state index >= 15 is 0 Å². The van der Waals surface area contributed by atoms with Gasteiger partial charge in [-0.1, -0.05) is 30.3 Å². The second-order valence-corrected chi connectivity index (χ2v) is 5.19. The molecule has 0 aliphatic heterocycles. The zero-order valence-electron chi connectivity index (χ0n) is 13.4. The summed E-state index contributed by atoms with van der Waals surface area (Å²) in [5, 5.41) is 11.2. The Morgan fingerprint density at radius 2 is 1.64 bits per heavy atom. The number of ketones is 1. The molecule has 0 radical (unpaired) electrons. The number of anilines is 1. The van der Waals surface area contributed by atoms with Crippen LogP contribution < -0.4 is 5.32 Å². The maximum atomic E-state index is 11.9. The quantitative estimate of drug-likeness (QED) is 0.619. The molecule has 0 aliphatic rings. The Morgan fingerprint density at radius 1 is 0.960 bits per heavy atom. The molecule has 6 nitrogen and oxygen atoms in total. The lowest BCUT2D eigenvalue weighted by Gasteiger charge is -2.06. The first kappa shape index (κ1) is 17.9. The summed E-state index contributed by atoms with van der Waals surface area (Å²) in [4.78, 5) is 35.2. The number of ether oxygens (including phenoxy) is 1. The highest BCUT2D eigenvalue weighted by atomic mass is 16.5. The predicted octanol–water partition coefficient (Wildman–Crippen LogP) is 2.70. The van der Waals surface area contributed by atoms with Crippen molar-refractivity contribution in [2.75, 3.05) is 11.9 Å². The molecule has 1 amide bonds. The fraction of sp³-hybridized carbons (Fsp3) is 0.158. The van der Waals surface area contributed by atoms with Gasteiger partial charge in [0.25, 0.3) is 5.91 Å². The lowest BCUT2D eigenvalue weighted by Crippen LogP contribution is -2.21. The first-order valence-electron chi connectivity index (χ1n) is 7.62. The van der Waals surface area contributed by atoms with Gasteiger partial charge >= 0.3 is 5.97 Å². The maximum Gasteiger partial charge on any atom is 0.306 e. The number of carbonyl (C=O) groups is 3. The molecule has 0 saturated heterocycles. The van der Waals surface area contributed by atoms with Crippen LogP contribution in [0.1, 0.15) is 28.8 Å². The van der Waals surface area contributed by atoms with Crippen LogP contribution in [0.5, 0.6) is 0 Å². The average Bonchev–Trinajstić information content (AvgIpc) is 2.65. The largest absolute Gasteiger partial charge is 0.456 e. The lowest BCUT2D eigenvalue weighted by atomic mass is 10.1. The van der Waals surface area contributed by atoms with Gasteiger partial charge in [0.15, 0.2) is 12.4 Å². The highest BCUT2D eigenvalue weighted by Crippen LogP contribution is 2.09. The molecule has 0 unspecified atom stereocenters. The van der Waals surface area contributed by atoms with Gasteiger partial charge in [0, 0.05) is 17.7 Å². The van der Waals surface area contributed by atoms with E-state index in [2.05, 4.69) is 5.32 Å². The summed E-state index contributed by atoms with van der Waals surface area (Å²) in [6, 6.07) is 16.9. The molecule has 0 atom stereocenters. The third kappa shape index (κ3) is 5.92. The molecule has 25 heavy (non-hydrogen) atoms. The molecular weight excluding hydrogens is 320 g/mol. The molecule has 0 spiro atoms. The molecular formula is C19H16N2O4. The van der Waals surface area contributed by atoms with E-state index in [0.29, 0.717) is 16.8 Å². The van der Waals surface area contributed by atoms with Crippen LogP contribution in [0.2, 0.25) is 0 Å². The normalized spacial score (nSPS) is 9.72. The van der Waals surface area contributed by atoms with E-state index < -0.39 is 18.5 Å². The number of Topliss-reactive ketones (excluding diaryl/α,β-unsaturated/α-hetero) is 1. The standard InChI is InChI=1S/C19H16N2O4/c20-12-14-6-8-16(9-7-14)21-18(23)13-25-19(24)11-10-17(22)15-4-2-1-3-5-15/h1-9H,10-11,13H2,(H,21,23). The molecule has 0 bridgehead atoms. The van der Waals surface area contributed by atoms with Crippen LogP contribution >= 0.6 is 0 Å². The second-order valence-electron chi connectivity index (χ2n) is 5.19. The lowest BCUT2D eigenvalue weighted by molar-refractivity contribution is -0.147. The van der Waals surface area contributed by atoms with E-state index in [4.69, 9.17) is 10.00 Å². The van der Waals surface area contributed by atoms with Crippen molar-refractivity contribution in [3.63, 3.8) is 0 Å². The van der Waals surface area contributed by atoms with Crippen molar-refractivity contribution in [3.05, 3.63) is 65.7 Å². The molecule has 126 valence electrons. The summed E-state index contributed by atoms with van der Waals surface area (Å²) in [6.45, 7) is -0.432. The minimum atomic E-state index is -0.612. The van der Waals surface area contributed by atoms with Gasteiger partial charge in [-0.25, -0.2) is 0 Å². The molecule has 2 rings (SSSR count). The number of nitrogens with one attached hydrogen (secondary N) is 1. The summed E-state index contributed by atoms with van der Waals surface area (Å²) in [7, 11) is 0. The average molecular weight is 336 g/mol. The van der Waals surface area contributed by atoms with Crippen molar-refractivity contribution in [2.45, 2.75) is 12.8 Å². The Hall–Kier alpha value is -3.46. The number of nitrogens with zero attached hydrogens (tertiary/aromatic N) is 1. The summed E-state index contributed by atoms with van der Waals surface area (Å²) in [5.74, 6) is -1.26. The van der Waals surface area contributed by atoms with Gasteiger partial charge in [-0.05, 0) is 24.3 Å². The summed E-state index contributed by atoms with van der Waals surface area (Å²) in [6.07, 6.45) is -0.0576. The molecule has 0 heterocycles. The van der Waals surface area contributed by atoms with Crippen LogP contribution in [0.4, 0.5) is 5.69 Å². The van der Waals surface area contributed by atoms with Crippen molar-refractivity contribution < 1.29 is 19.1 Å². The molecule has 2 aromatic carbocycles. The Labute approximate surface area is 145 Å². The van der Waals surface area contributed by atoms with Crippen LogP contribution in [0.3, 0.4) is 0 Å². The predicted molar refractivity (Wildman–Crippen MR) is 90.8 cm³/mol. The SMILES string of the molecule is N#Cc1ccc(NC(=O)COC(=O)CCC(=O)c2ccccc2)cc1. The third-order valence-corrected chi connectivity index (χ3v) is 3.31. The van der Waals surface area contributed by atoms with E-state index in [1.807, 2.05) is 6.07 Å². The summed E-state index contributed by atoms with van der Waals surface area (Å²) < 4.78 is 4.85. The zero-order chi connectivity index (χ0) is 18.1. The first-order valence-corrected chi connectivity index (χ1v) is 7.62. The van der Waals surface area contributed by atoms with Crippen LogP contribution in [0.15, 0.2) is 54.6 Å². The number of benzene rings is 2. The topological polar surface area (TPSA) is 96.3 Å². The molecule has 0 aromatic heterocycles.